The van der Waals surface area contributed by atoms with Crippen LogP contribution in [0.5, 0.6) is 0 Å². The number of likely N-dealkylation sites (N-methyl/N-ethyl adjacent to an activating group) is 1. The molecule has 0 radical (unpaired) electrons. The van der Waals surface area contributed by atoms with Gasteiger partial charge in [0.05, 0.1) is 24.1 Å². The van der Waals surface area contributed by atoms with Gasteiger partial charge in [0.2, 0.25) is 5.91 Å². The Labute approximate surface area is 291 Å². The number of nitrogens with zero attached hydrogens (tertiary/aromatic N) is 6. The number of fused-ring (bicyclic) bond motifs is 3. The number of aromatic nitrogens is 4. The molecule has 51 heavy (non-hydrogen) atoms. The number of halogens is 3. The molecule has 2 aromatic heterocycles. The van der Waals surface area contributed by atoms with Gasteiger partial charge in [-0.15, -0.1) is 13.2 Å². The predicted molar refractivity (Wildman–Crippen MR) is 180 cm³/mol. The molecule has 2 bridgehead atoms. The van der Waals surface area contributed by atoms with Crippen LogP contribution in [0.15, 0.2) is 85.2 Å². The fourth-order valence-corrected chi connectivity index (χ4v) is 7.13. The molecule has 0 aliphatic carbocycles. The maximum atomic E-state index is 14.3. The zero-order valence-corrected chi connectivity index (χ0v) is 28.0. The van der Waals surface area contributed by atoms with E-state index in [-0.39, 0.29) is 41.9 Å². The first-order chi connectivity index (χ1) is 24.4. The molecule has 2 aromatic carbocycles. The molecule has 4 aliphatic heterocycles. The molecule has 3 fully saturated rings. The van der Waals surface area contributed by atoms with Crippen LogP contribution in [0.1, 0.15) is 53.4 Å². The lowest BCUT2D eigenvalue weighted by Crippen LogP contribution is -2.60. The summed E-state index contributed by atoms with van der Waals surface area (Å²) in [5.74, 6) is -1.98. The summed E-state index contributed by atoms with van der Waals surface area (Å²) < 4.78 is 46.9. The molecule has 4 aromatic rings. The van der Waals surface area contributed by atoms with E-state index in [1.54, 1.807) is 29.9 Å². The van der Waals surface area contributed by atoms with Gasteiger partial charge in [0.15, 0.2) is 0 Å². The molecule has 12 nitrogen and oxygen atoms in total. The molecular formula is C36H37F3N8O4. The molecule has 266 valence electrons. The standard InChI is InChI=1S/C36H37F3N8O4/c1-4-45-34-28(18-41-47(34)25-11-6-5-7-12-25)30(31(35(45)50)42-33(49)29-13-14-46(43-29)36(37,38)39)24-10-8-9-23(15-24)17-40-32(48)21(2)22(3)44-19-26-16-27(20-44)51-26/h5-15,18,22,26-27,30-31H,2,4,16-17,19-20H2,1,3H3,(H,40,48)(H,42,49)/t22?,26?,27?,30-,31+/m1/s1. The van der Waals surface area contributed by atoms with Gasteiger partial charge in [-0.05, 0) is 43.2 Å². The number of anilines is 1. The second kappa shape index (κ2) is 13.5. The van der Waals surface area contributed by atoms with Gasteiger partial charge in [0, 0.05) is 61.9 Å². The monoisotopic (exact) mass is 702 g/mol. The first kappa shape index (κ1) is 34.2. The number of benzene rings is 2. The Morgan fingerprint density at radius 2 is 1.80 bits per heavy atom. The van der Waals surface area contributed by atoms with Crippen molar-refractivity contribution in [3.63, 3.8) is 0 Å². The SMILES string of the molecule is C=C(C(=O)NCc1cccc([C@@H]2c3cnn(-c4ccccc4)c3N(CC)C(=O)[C@H]2NC(=O)c2ccn(C(F)(F)F)n2)c1)C(C)N1CC2CC(C1)O2. The van der Waals surface area contributed by atoms with Crippen LogP contribution in [0.4, 0.5) is 19.0 Å². The molecule has 0 spiro atoms. The Kier molecular flexibility index (Phi) is 9.01. The Morgan fingerprint density at radius 1 is 1.08 bits per heavy atom. The van der Waals surface area contributed by atoms with Crippen molar-refractivity contribution in [3.05, 3.63) is 108 Å². The predicted octanol–water partition coefficient (Wildman–Crippen LogP) is 3.88. The number of nitrogens with one attached hydrogen (secondary N) is 2. The van der Waals surface area contributed by atoms with Crippen LogP contribution >= 0.6 is 0 Å². The maximum Gasteiger partial charge on any atom is 0.504 e. The van der Waals surface area contributed by atoms with Crippen molar-refractivity contribution < 1.29 is 32.3 Å². The van der Waals surface area contributed by atoms with Crippen LogP contribution in [0.3, 0.4) is 0 Å². The minimum atomic E-state index is -4.81. The Hall–Kier alpha value is -5.28. The lowest BCUT2D eigenvalue weighted by Gasteiger charge is -2.49. The number of amides is 3. The van der Waals surface area contributed by atoms with Crippen LogP contribution in [0, 0.1) is 0 Å². The number of hydrogen-bond donors (Lipinski definition) is 2. The van der Waals surface area contributed by atoms with Crippen LogP contribution < -0.4 is 15.5 Å². The number of hydrogen-bond acceptors (Lipinski definition) is 7. The third-order valence-corrected chi connectivity index (χ3v) is 9.81. The van der Waals surface area contributed by atoms with E-state index in [1.807, 2.05) is 49.4 Å². The van der Waals surface area contributed by atoms with Gasteiger partial charge in [-0.25, -0.2) is 4.68 Å². The van der Waals surface area contributed by atoms with E-state index >= 15 is 0 Å². The summed E-state index contributed by atoms with van der Waals surface area (Å²) in [5, 5.41) is 13.7. The highest BCUT2D eigenvalue weighted by molar-refractivity contribution is 6.04. The van der Waals surface area contributed by atoms with Crippen LogP contribution in [-0.4, -0.2) is 86.1 Å². The molecule has 6 heterocycles. The van der Waals surface area contributed by atoms with E-state index in [0.717, 1.165) is 31.1 Å². The number of alkyl halides is 3. The molecule has 3 amide bonds. The minimum Gasteiger partial charge on any atom is -0.372 e. The van der Waals surface area contributed by atoms with Crippen LogP contribution in [0.25, 0.3) is 5.69 Å². The molecule has 5 atom stereocenters. The summed E-state index contributed by atoms with van der Waals surface area (Å²) in [5.41, 5.74) is 2.64. The quantitative estimate of drug-likeness (QED) is 0.241. The Bertz CT molecular complexity index is 1960. The minimum absolute atomic E-state index is 0.160. The van der Waals surface area contributed by atoms with E-state index < -0.39 is 35.8 Å². The molecule has 15 heteroatoms. The second-order valence-corrected chi connectivity index (χ2v) is 13.0. The number of piperidine rings is 1. The summed E-state index contributed by atoms with van der Waals surface area (Å²) in [4.78, 5) is 44.6. The number of rotatable bonds is 10. The normalized spacial score (nSPS) is 22.1. The van der Waals surface area contributed by atoms with Crippen molar-refractivity contribution >= 4 is 23.5 Å². The van der Waals surface area contributed by atoms with Gasteiger partial charge in [-0.3, -0.25) is 24.2 Å². The third-order valence-electron chi connectivity index (χ3n) is 9.81. The number of ether oxygens (including phenoxy) is 1. The zero-order valence-electron chi connectivity index (χ0n) is 28.0. The van der Waals surface area contributed by atoms with E-state index in [4.69, 9.17) is 4.74 Å². The van der Waals surface area contributed by atoms with Gasteiger partial charge in [0.1, 0.15) is 17.6 Å². The summed E-state index contributed by atoms with van der Waals surface area (Å²) in [7, 11) is 0. The van der Waals surface area contributed by atoms with Crippen molar-refractivity contribution in [2.75, 3.05) is 24.5 Å². The topological polar surface area (TPSA) is 127 Å². The van der Waals surface area contributed by atoms with Crippen molar-refractivity contribution in [3.8, 4) is 5.69 Å². The Morgan fingerprint density at radius 3 is 2.47 bits per heavy atom. The summed E-state index contributed by atoms with van der Waals surface area (Å²) in [6.45, 7) is 9.72. The lowest BCUT2D eigenvalue weighted by molar-refractivity contribution is -0.212. The molecule has 4 aliphatic rings. The molecule has 0 saturated carbocycles. The first-order valence-electron chi connectivity index (χ1n) is 16.8. The van der Waals surface area contributed by atoms with Crippen molar-refractivity contribution in [1.82, 2.24) is 35.1 Å². The fourth-order valence-electron chi connectivity index (χ4n) is 7.13. The van der Waals surface area contributed by atoms with E-state index in [1.165, 1.54) is 4.90 Å². The van der Waals surface area contributed by atoms with Gasteiger partial charge in [-0.1, -0.05) is 49.0 Å². The largest absolute Gasteiger partial charge is 0.504 e. The molecule has 2 N–H and O–H groups in total. The van der Waals surface area contributed by atoms with Crippen molar-refractivity contribution in [1.29, 1.82) is 0 Å². The lowest BCUT2D eigenvalue weighted by atomic mass is 9.82. The van der Waals surface area contributed by atoms with Gasteiger partial charge < -0.3 is 15.4 Å². The summed E-state index contributed by atoms with van der Waals surface area (Å²) >= 11 is 0. The first-order valence-corrected chi connectivity index (χ1v) is 16.8. The van der Waals surface area contributed by atoms with Crippen molar-refractivity contribution in [2.24, 2.45) is 0 Å². The smallest absolute Gasteiger partial charge is 0.372 e. The summed E-state index contributed by atoms with van der Waals surface area (Å²) in [6, 6.07) is 16.1. The zero-order chi connectivity index (χ0) is 36.0. The van der Waals surface area contributed by atoms with Gasteiger partial charge in [0.25, 0.3) is 11.8 Å². The number of carbonyl (C=O) groups excluding carboxylic acids is 3. The molecule has 3 saturated heterocycles. The van der Waals surface area contributed by atoms with Crippen LogP contribution in [0.2, 0.25) is 0 Å². The number of carbonyl (C=O) groups is 3. The van der Waals surface area contributed by atoms with Crippen molar-refractivity contribution in [2.45, 2.75) is 63.3 Å². The average Bonchev–Trinajstić information content (AvgIpc) is 3.80. The van der Waals surface area contributed by atoms with Gasteiger partial charge >= 0.3 is 6.30 Å². The highest BCUT2D eigenvalue weighted by atomic mass is 19.4. The number of morpholine rings is 1. The molecule has 3 unspecified atom stereocenters. The molecule has 8 rings (SSSR count). The van der Waals surface area contributed by atoms with Gasteiger partial charge in [-0.2, -0.15) is 14.9 Å². The van der Waals surface area contributed by atoms with Crippen LogP contribution in [-0.2, 0) is 27.2 Å². The maximum absolute atomic E-state index is 14.3. The third kappa shape index (κ3) is 6.54. The fraction of sp³-hybridized carbons (Fsp3) is 0.361. The van der Waals surface area contributed by atoms with E-state index in [9.17, 15) is 27.6 Å². The highest BCUT2D eigenvalue weighted by Crippen LogP contribution is 2.41. The number of para-hydroxylation sites is 1. The summed E-state index contributed by atoms with van der Waals surface area (Å²) in [6.07, 6.45) is -1.09. The van der Waals surface area contributed by atoms with E-state index in [0.29, 0.717) is 34.4 Å². The van der Waals surface area contributed by atoms with E-state index in [2.05, 4.69) is 32.3 Å². The highest BCUT2D eigenvalue weighted by Gasteiger charge is 2.45. The molecular weight excluding hydrogens is 665 g/mol. The second-order valence-electron chi connectivity index (χ2n) is 13.0. The average molecular weight is 703 g/mol. The Balaban J connectivity index is 1.18.